The summed E-state index contributed by atoms with van der Waals surface area (Å²) in [5.74, 6) is 0. The van der Waals surface area contributed by atoms with Crippen molar-refractivity contribution in [2.45, 2.75) is 33.2 Å². The van der Waals surface area contributed by atoms with Gasteiger partial charge in [0.05, 0.1) is 23.4 Å². The van der Waals surface area contributed by atoms with Crippen molar-refractivity contribution in [3.05, 3.63) is 86.3 Å². The minimum atomic E-state index is -0.278. The number of aryl methyl sites for hydroxylation is 2. The third kappa shape index (κ3) is 3.98. The number of nitrogens with two attached hydrogens (primary N) is 2. The van der Waals surface area contributed by atoms with Crippen molar-refractivity contribution in [2.75, 3.05) is 7.05 Å². The molecule has 3 rings (SSSR count). The van der Waals surface area contributed by atoms with Crippen LogP contribution in [0.25, 0.3) is 21.2 Å². The normalized spacial score (nSPS) is 12.2. The number of aromatic amines is 1. The standard InChI is InChI=1S/C24H26N6O/c1-5-14-9-15(6-2)22(27-3)19(10-14)23(28-4)20(12-25)16-7-8-17-18(11-16)21(13-26)29-30-24(17)31/h7-12H,5-6,13,25-26H2,1-2,4H3,(H,30,31)/b20-12-,28-23?. The molecule has 0 aliphatic rings. The van der Waals surface area contributed by atoms with Crippen molar-refractivity contribution < 1.29 is 0 Å². The lowest BCUT2D eigenvalue weighted by atomic mass is 9.90. The maximum absolute atomic E-state index is 12.2. The molecule has 3 aromatic rings. The molecule has 0 radical (unpaired) electrons. The summed E-state index contributed by atoms with van der Waals surface area (Å²) >= 11 is 0. The highest BCUT2D eigenvalue weighted by Crippen LogP contribution is 2.33. The summed E-state index contributed by atoms with van der Waals surface area (Å²) in [5, 5.41) is 7.71. The lowest BCUT2D eigenvalue weighted by Crippen LogP contribution is -2.14. The number of nitrogens with zero attached hydrogens (tertiary/aromatic N) is 3. The Hall–Kier alpha value is -3.76. The largest absolute Gasteiger partial charge is 0.404 e. The van der Waals surface area contributed by atoms with Crippen LogP contribution in [0, 0.1) is 6.57 Å². The van der Waals surface area contributed by atoms with Gasteiger partial charge in [-0.05, 0) is 41.7 Å². The van der Waals surface area contributed by atoms with Crippen LogP contribution in [0.2, 0.25) is 0 Å². The van der Waals surface area contributed by atoms with E-state index in [0.29, 0.717) is 33.4 Å². The minimum absolute atomic E-state index is 0.188. The van der Waals surface area contributed by atoms with Crippen LogP contribution in [0.4, 0.5) is 5.69 Å². The fourth-order valence-corrected chi connectivity index (χ4v) is 3.79. The highest BCUT2D eigenvalue weighted by molar-refractivity contribution is 6.33. The van der Waals surface area contributed by atoms with E-state index in [1.807, 2.05) is 25.1 Å². The van der Waals surface area contributed by atoms with Crippen LogP contribution in [0.5, 0.6) is 0 Å². The number of aliphatic imine (C=N–C) groups is 1. The molecule has 0 amide bonds. The van der Waals surface area contributed by atoms with Gasteiger partial charge in [-0.1, -0.05) is 32.0 Å². The molecule has 1 heterocycles. The average Bonchev–Trinajstić information content (AvgIpc) is 2.81. The average molecular weight is 415 g/mol. The highest BCUT2D eigenvalue weighted by Gasteiger charge is 2.19. The summed E-state index contributed by atoms with van der Waals surface area (Å²) in [6, 6.07) is 9.50. The molecule has 7 heteroatoms. The highest BCUT2D eigenvalue weighted by atomic mass is 16.1. The molecule has 0 spiro atoms. The number of allylic oxidation sites excluding steroid dienone is 1. The van der Waals surface area contributed by atoms with Gasteiger partial charge in [-0.15, -0.1) is 0 Å². The van der Waals surface area contributed by atoms with Crippen LogP contribution in [0.15, 0.2) is 46.3 Å². The Morgan fingerprint density at radius 2 is 2.00 bits per heavy atom. The van der Waals surface area contributed by atoms with Gasteiger partial charge in [0.15, 0.2) is 5.69 Å². The summed E-state index contributed by atoms with van der Waals surface area (Å²) in [6.07, 6.45) is 3.09. The third-order valence-corrected chi connectivity index (χ3v) is 5.42. The molecule has 0 bridgehead atoms. The molecule has 0 unspecified atom stereocenters. The summed E-state index contributed by atoms with van der Waals surface area (Å²) in [4.78, 5) is 20.5. The first-order chi connectivity index (χ1) is 15.0. The van der Waals surface area contributed by atoms with Crippen molar-refractivity contribution >= 4 is 27.7 Å². The van der Waals surface area contributed by atoms with Crippen LogP contribution in [-0.2, 0) is 19.4 Å². The summed E-state index contributed by atoms with van der Waals surface area (Å²) in [6.45, 7) is 12.1. The number of rotatable bonds is 6. The van der Waals surface area contributed by atoms with Gasteiger partial charge in [0, 0.05) is 36.3 Å². The molecular weight excluding hydrogens is 388 g/mol. The fourth-order valence-electron chi connectivity index (χ4n) is 3.79. The quantitative estimate of drug-likeness (QED) is 0.423. The second kappa shape index (κ2) is 9.37. The number of hydrogen-bond acceptors (Lipinski definition) is 5. The van der Waals surface area contributed by atoms with E-state index in [1.54, 1.807) is 13.1 Å². The van der Waals surface area contributed by atoms with Crippen molar-refractivity contribution in [1.82, 2.24) is 10.2 Å². The molecular formula is C24H26N6O. The number of hydrogen-bond donors (Lipinski definition) is 3. The van der Waals surface area contributed by atoms with Gasteiger partial charge in [-0.25, -0.2) is 9.94 Å². The van der Waals surface area contributed by atoms with E-state index >= 15 is 0 Å². The molecule has 0 atom stereocenters. The first-order valence-electron chi connectivity index (χ1n) is 10.2. The number of fused-ring (bicyclic) bond motifs is 1. The summed E-state index contributed by atoms with van der Waals surface area (Å²) in [7, 11) is 1.69. The van der Waals surface area contributed by atoms with E-state index in [0.717, 1.165) is 35.1 Å². The van der Waals surface area contributed by atoms with Gasteiger partial charge in [-0.2, -0.15) is 5.10 Å². The molecule has 7 nitrogen and oxygen atoms in total. The molecule has 2 aromatic carbocycles. The van der Waals surface area contributed by atoms with E-state index < -0.39 is 0 Å². The smallest absolute Gasteiger partial charge is 0.272 e. The van der Waals surface area contributed by atoms with Gasteiger partial charge in [-0.3, -0.25) is 9.79 Å². The molecule has 0 fully saturated rings. The van der Waals surface area contributed by atoms with Gasteiger partial charge in [0.1, 0.15) is 0 Å². The topological polar surface area (TPSA) is 115 Å². The predicted octanol–water partition coefficient (Wildman–Crippen LogP) is 3.48. The summed E-state index contributed by atoms with van der Waals surface area (Å²) < 4.78 is 0. The molecule has 5 N–H and O–H groups in total. The van der Waals surface area contributed by atoms with Crippen molar-refractivity contribution in [2.24, 2.45) is 16.5 Å². The zero-order valence-electron chi connectivity index (χ0n) is 18.0. The maximum atomic E-state index is 12.2. The molecule has 0 aliphatic carbocycles. The van der Waals surface area contributed by atoms with E-state index in [9.17, 15) is 4.79 Å². The zero-order valence-corrected chi connectivity index (χ0v) is 18.0. The number of aromatic nitrogens is 2. The maximum Gasteiger partial charge on any atom is 0.272 e. The lowest BCUT2D eigenvalue weighted by Gasteiger charge is -2.17. The van der Waals surface area contributed by atoms with Gasteiger partial charge in [0.2, 0.25) is 0 Å². The van der Waals surface area contributed by atoms with E-state index in [4.69, 9.17) is 18.0 Å². The second-order valence-electron chi connectivity index (χ2n) is 7.09. The van der Waals surface area contributed by atoms with Crippen molar-refractivity contribution in [1.29, 1.82) is 0 Å². The van der Waals surface area contributed by atoms with Crippen LogP contribution in [-0.4, -0.2) is 23.0 Å². The Bertz CT molecular complexity index is 1290. The predicted molar refractivity (Wildman–Crippen MR) is 126 cm³/mol. The molecule has 158 valence electrons. The van der Waals surface area contributed by atoms with Gasteiger partial charge >= 0.3 is 0 Å². The SMILES string of the molecule is [C-]#[N+]c1c(CC)cc(CC)cc1C(=NC)/C(=C\N)c1ccc2c(=O)[nH]nc(CN)c2c1. The minimum Gasteiger partial charge on any atom is -0.404 e. The van der Waals surface area contributed by atoms with E-state index in [1.165, 1.54) is 6.20 Å². The Morgan fingerprint density at radius 3 is 2.58 bits per heavy atom. The fraction of sp³-hybridized carbons (Fsp3) is 0.250. The molecule has 1 aromatic heterocycles. The van der Waals surface area contributed by atoms with Gasteiger partial charge in [0.25, 0.3) is 5.56 Å². The van der Waals surface area contributed by atoms with E-state index in [2.05, 4.69) is 33.0 Å². The monoisotopic (exact) mass is 414 g/mol. The molecule has 0 saturated heterocycles. The van der Waals surface area contributed by atoms with Crippen molar-refractivity contribution in [3.63, 3.8) is 0 Å². The molecule has 0 aliphatic heterocycles. The van der Waals surface area contributed by atoms with E-state index in [-0.39, 0.29) is 12.1 Å². The number of H-pyrrole nitrogens is 1. The third-order valence-electron chi connectivity index (χ3n) is 5.42. The van der Waals surface area contributed by atoms with Crippen LogP contribution < -0.4 is 17.0 Å². The Labute approximate surface area is 181 Å². The van der Waals surface area contributed by atoms with Gasteiger partial charge < -0.3 is 11.5 Å². The Morgan fingerprint density at radius 1 is 1.23 bits per heavy atom. The Balaban J connectivity index is 2.26. The van der Waals surface area contributed by atoms with Crippen LogP contribution in [0.1, 0.15) is 41.8 Å². The lowest BCUT2D eigenvalue weighted by molar-refractivity contribution is 0.900. The first-order valence-corrected chi connectivity index (χ1v) is 10.2. The van der Waals surface area contributed by atoms with Crippen LogP contribution in [0.3, 0.4) is 0 Å². The Kier molecular flexibility index (Phi) is 6.63. The molecule has 31 heavy (non-hydrogen) atoms. The van der Waals surface area contributed by atoms with Crippen molar-refractivity contribution in [3.8, 4) is 0 Å². The second-order valence-corrected chi connectivity index (χ2v) is 7.09. The zero-order chi connectivity index (χ0) is 22.5. The van der Waals surface area contributed by atoms with Crippen LogP contribution >= 0.6 is 0 Å². The summed E-state index contributed by atoms with van der Waals surface area (Å²) in [5.41, 5.74) is 17.7. The number of nitrogens with one attached hydrogen (secondary N) is 1. The number of benzene rings is 2. The molecule has 0 saturated carbocycles. The first kappa shape index (κ1) is 21.9.